The number of fused-ring (bicyclic) bond motifs is 1. The molecule has 2 aromatic carbocycles. The van der Waals surface area contributed by atoms with E-state index in [4.69, 9.17) is 23.2 Å². The van der Waals surface area contributed by atoms with Gasteiger partial charge in [0.1, 0.15) is 0 Å². The van der Waals surface area contributed by atoms with E-state index in [-0.39, 0.29) is 5.38 Å². The summed E-state index contributed by atoms with van der Waals surface area (Å²) in [6, 6.07) is 12.3. The Bertz CT molecular complexity index is 534. The average molecular weight is 295 g/mol. The Balaban J connectivity index is 2.18. The number of unbranched alkanes of at least 4 members (excludes halogenated alkanes) is 3. The zero-order chi connectivity index (χ0) is 13.7. The smallest absolute Gasteiger partial charge is 0.0591 e. The third kappa shape index (κ3) is 3.64. The molecule has 1 unspecified atom stereocenters. The van der Waals surface area contributed by atoms with Crippen molar-refractivity contribution in [1.82, 2.24) is 0 Å². The van der Waals surface area contributed by atoms with Gasteiger partial charge in [0.15, 0.2) is 0 Å². The van der Waals surface area contributed by atoms with Crippen molar-refractivity contribution in [2.24, 2.45) is 0 Å². The number of halogens is 2. The highest BCUT2D eigenvalue weighted by atomic mass is 35.5. The lowest BCUT2D eigenvalue weighted by Crippen LogP contribution is -1.93. The van der Waals surface area contributed by atoms with Gasteiger partial charge in [0, 0.05) is 10.4 Å². The van der Waals surface area contributed by atoms with Gasteiger partial charge >= 0.3 is 0 Å². The van der Waals surface area contributed by atoms with Crippen molar-refractivity contribution >= 4 is 34.0 Å². The Morgan fingerprint density at radius 3 is 2.42 bits per heavy atom. The van der Waals surface area contributed by atoms with Crippen LogP contribution in [0.4, 0.5) is 0 Å². The molecule has 0 radical (unpaired) electrons. The van der Waals surface area contributed by atoms with Crippen molar-refractivity contribution in [1.29, 1.82) is 0 Å². The van der Waals surface area contributed by atoms with Crippen LogP contribution in [0.15, 0.2) is 36.4 Å². The maximum Gasteiger partial charge on any atom is 0.0591 e. The van der Waals surface area contributed by atoms with Gasteiger partial charge in [-0.25, -0.2) is 0 Å². The van der Waals surface area contributed by atoms with Gasteiger partial charge in [-0.15, -0.1) is 11.6 Å². The maximum absolute atomic E-state index is 6.57. The molecule has 0 amide bonds. The molecule has 1 atom stereocenters. The van der Waals surface area contributed by atoms with Crippen molar-refractivity contribution in [2.75, 3.05) is 0 Å². The molecule has 0 fully saturated rings. The summed E-state index contributed by atoms with van der Waals surface area (Å²) in [7, 11) is 0. The summed E-state index contributed by atoms with van der Waals surface area (Å²) in [5, 5.41) is 3.17. The molecular formula is C17H20Cl2. The van der Waals surface area contributed by atoms with Crippen molar-refractivity contribution < 1.29 is 0 Å². The first kappa shape index (κ1) is 14.7. The average Bonchev–Trinajstić information content (AvgIpc) is 2.44. The van der Waals surface area contributed by atoms with Gasteiger partial charge in [-0.3, -0.25) is 0 Å². The highest BCUT2D eigenvalue weighted by Crippen LogP contribution is 2.35. The van der Waals surface area contributed by atoms with E-state index in [0.29, 0.717) is 0 Å². The molecule has 0 heterocycles. The highest BCUT2D eigenvalue weighted by Gasteiger charge is 2.12. The Kier molecular flexibility index (Phi) is 5.54. The Labute approximate surface area is 125 Å². The number of alkyl halides is 1. The molecule has 0 aliphatic rings. The van der Waals surface area contributed by atoms with Gasteiger partial charge in [0.25, 0.3) is 0 Å². The van der Waals surface area contributed by atoms with E-state index in [0.717, 1.165) is 16.8 Å². The van der Waals surface area contributed by atoms with Crippen LogP contribution in [0.5, 0.6) is 0 Å². The van der Waals surface area contributed by atoms with Crippen LogP contribution in [0.2, 0.25) is 5.02 Å². The minimum Gasteiger partial charge on any atom is -0.118 e. The zero-order valence-electron chi connectivity index (χ0n) is 11.3. The Morgan fingerprint density at radius 1 is 0.947 bits per heavy atom. The molecule has 0 aliphatic heterocycles. The molecular weight excluding hydrogens is 275 g/mol. The van der Waals surface area contributed by atoms with Crippen LogP contribution in [0.25, 0.3) is 10.8 Å². The summed E-state index contributed by atoms with van der Waals surface area (Å²) in [6.45, 7) is 2.23. The lowest BCUT2D eigenvalue weighted by molar-refractivity contribution is 0.625. The number of rotatable bonds is 6. The molecule has 2 heteroatoms. The van der Waals surface area contributed by atoms with E-state index in [1.807, 2.05) is 18.2 Å². The SMILES string of the molecule is CCCCCCC(Cl)c1ccc(Cl)c2ccccc12. The molecule has 0 bridgehead atoms. The summed E-state index contributed by atoms with van der Waals surface area (Å²) in [5.41, 5.74) is 1.21. The predicted molar refractivity (Wildman–Crippen MR) is 86.3 cm³/mol. The van der Waals surface area contributed by atoms with Gasteiger partial charge in [0.05, 0.1) is 5.38 Å². The summed E-state index contributed by atoms with van der Waals surface area (Å²) >= 11 is 12.8. The van der Waals surface area contributed by atoms with Gasteiger partial charge in [-0.2, -0.15) is 0 Å². The van der Waals surface area contributed by atoms with Crippen LogP contribution in [0, 0.1) is 0 Å². The molecule has 2 rings (SSSR count). The molecule has 0 aliphatic carbocycles. The second-order valence-corrected chi connectivity index (χ2v) is 5.93. The number of benzene rings is 2. The Hall–Kier alpha value is -0.720. The van der Waals surface area contributed by atoms with Crippen LogP contribution >= 0.6 is 23.2 Å². The third-order valence-corrected chi connectivity index (χ3v) is 4.34. The van der Waals surface area contributed by atoms with Gasteiger partial charge < -0.3 is 0 Å². The molecule has 19 heavy (non-hydrogen) atoms. The normalized spacial score (nSPS) is 12.8. The largest absolute Gasteiger partial charge is 0.118 e. The lowest BCUT2D eigenvalue weighted by atomic mass is 9.99. The van der Waals surface area contributed by atoms with Crippen LogP contribution in [0.3, 0.4) is 0 Å². The molecule has 0 N–H and O–H groups in total. The molecule has 0 saturated carbocycles. The van der Waals surface area contributed by atoms with Gasteiger partial charge in [-0.1, -0.05) is 74.5 Å². The summed E-state index contributed by atoms with van der Waals surface area (Å²) in [6.07, 6.45) is 6.05. The summed E-state index contributed by atoms with van der Waals surface area (Å²) < 4.78 is 0. The van der Waals surface area contributed by atoms with Crippen molar-refractivity contribution in [3.05, 3.63) is 47.0 Å². The van der Waals surface area contributed by atoms with Crippen molar-refractivity contribution in [3.63, 3.8) is 0 Å². The lowest BCUT2D eigenvalue weighted by Gasteiger charge is -2.13. The first-order chi connectivity index (χ1) is 9.24. The minimum atomic E-state index is 0.0824. The van der Waals surface area contributed by atoms with Crippen molar-refractivity contribution in [2.45, 2.75) is 44.4 Å². The van der Waals surface area contributed by atoms with Crippen LogP contribution in [-0.4, -0.2) is 0 Å². The molecule has 0 aromatic heterocycles. The van der Waals surface area contributed by atoms with Crippen LogP contribution < -0.4 is 0 Å². The van der Waals surface area contributed by atoms with Crippen LogP contribution in [0.1, 0.15) is 50.0 Å². The van der Waals surface area contributed by atoms with E-state index in [1.54, 1.807) is 0 Å². The summed E-state index contributed by atoms with van der Waals surface area (Å²) in [5.74, 6) is 0. The van der Waals surface area contributed by atoms with Crippen LogP contribution in [-0.2, 0) is 0 Å². The number of hydrogen-bond acceptors (Lipinski definition) is 0. The Morgan fingerprint density at radius 2 is 1.68 bits per heavy atom. The van der Waals surface area contributed by atoms with Gasteiger partial charge in [0.2, 0.25) is 0 Å². The summed E-state index contributed by atoms with van der Waals surface area (Å²) in [4.78, 5) is 0. The minimum absolute atomic E-state index is 0.0824. The second kappa shape index (κ2) is 7.17. The first-order valence-electron chi connectivity index (χ1n) is 7.05. The topological polar surface area (TPSA) is 0 Å². The molecule has 0 nitrogen and oxygen atoms in total. The van der Waals surface area contributed by atoms with E-state index >= 15 is 0 Å². The van der Waals surface area contributed by atoms with Crippen molar-refractivity contribution in [3.8, 4) is 0 Å². The second-order valence-electron chi connectivity index (χ2n) is 5.00. The van der Waals surface area contributed by atoms with E-state index in [9.17, 15) is 0 Å². The molecule has 102 valence electrons. The fourth-order valence-corrected chi connectivity index (χ4v) is 3.04. The highest BCUT2D eigenvalue weighted by molar-refractivity contribution is 6.35. The van der Waals surface area contributed by atoms with E-state index < -0.39 is 0 Å². The molecule has 0 saturated heterocycles. The fraction of sp³-hybridized carbons (Fsp3) is 0.412. The number of hydrogen-bond donors (Lipinski definition) is 0. The zero-order valence-corrected chi connectivity index (χ0v) is 12.8. The quantitative estimate of drug-likeness (QED) is 0.408. The fourth-order valence-electron chi connectivity index (χ4n) is 2.46. The maximum atomic E-state index is 6.57. The first-order valence-corrected chi connectivity index (χ1v) is 7.86. The standard InChI is InChI=1S/C17H20Cl2/c1-2-3-4-5-10-16(18)15-11-12-17(19)14-9-7-6-8-13(14)15/h6-9,11-12,16H,2-5,10H2,1H3. The predicted octanol–water partition coefficient (Wildman–Crippen LogP) is 6.74. The third-order valence-electron chi connectivity index (χ3n) is 3.55. The molecule has 2 aromatic rings. The van der Waals surface area contributed by atoms with E-state index in [2.05, 4.69) is 25.1 Å². The molecule has 0 spiro atoms. The monoisotopic (exact) mass is 294 g/mol. The van der Waals surface area contributed by atoms with Gasteiger partial charge in [-0.05, 0) is 23.4 Å². The van der Waals surface area contributed by atoms with E-state index in [1.165, 1.54) is 36.6 Å².